The maximum atomic E-state index is 13.2. The summed E-state index contributed by atoms with van der Waals surface area (Å²) in [6.45, 7) is 34.1. The molecule has 0 radical (unpaired) electrons. The maximum Gasteiger partial charge on any atom is 0.241 e. The number of phenols is 2. The topological polar surface area (TPSA) is 209 Å². The van der Waals surface area contributed by atoms with Crippen LogP contribution < -0.4 is 29.6 Å². The van der Waals surface area contributed by atoms with E-state index in [4.69, 9.17) is 9.47 Å². The number of nitrogens with one attached hydrogen (secondary N) is 4. The largest absolute Gasteiger partial charge is 0.507 e. The average molecular weight is 1240 g/mol. The first kappa shape index (κ1) is 68.8. The summed E-state index contributed by atoms with van der Waals surface area (Å²) in [5, 5.41) is 31.4. The molecule has 476 valence electrons. The van der Waals surface area contributed by atoms with Crippen LogP contribution in [0, 0.1) is 13.8 Å². The van der Waals surface area contributed by atoms with E-state index in [1.165, 1.54) is 38.1 Å². The summed E-state index contributed by atoms with van der Waals surface area (Å²) in [5.74, 6) is 0.810. The van der Waals surface area contributed by atoms with Gasteiger partial charge in [-0.15, -0.1) is 0 Å². The second-order valence-corrected chi connectivity index (χ2v) is 31.7. The summed E-state index contributed by atoms with van der Waals surface area (Å²) < 4.78 is 71.2. The van der Waals surface area contributed by atoms with Gasteiger partial charge in [0.25, 0.3) is 0 Å². The van der Waals surface area contributed by atoms with E-state index in [1.807, 2.05) is 13.8 Å². The molecule has 7 rings (SSSR count). The van der Waals surface area contributed by atoms with Gasteiger partial charge in [0.1, 0.15) is 23.0 Å². The van der Waals surface area contributed by atoms with Crippen molar-refractivity contribution in [2.45, 2.75) is 206 Å². The van der Waals surface area contributed by atoms with Gasteiger partial charge in [0.05, 0.1) is 35.1 Å². The van der Waals surface area contributed by atoms with Crippen molar-refractivity contribution in [3.8, 4) is 23.0 Å². The Morgan fingerprint density at radius 2 is 0.682 bits per heavy atom. The zero-order valence-electron chi connectivity index (χ0n) is 54.9. The lowest BCUT2D eigenvalue weighted by Gasteiger charge is -2.28. The maximum absolute atomic E-state index is 13.2. The minimum atomic E-state index is -3.92. The van der Waals surface area contributed by atoms with Crippen LogP contribution in [0.5, 0.6) is 23.0 Å². The van der Waals surface area contributed by atoms with Crippen LogP contribution in [0.25, 0.3) is 0 Å². The number of unbranched alkanes of at least 4 members (excludes halogenated alkanes) is 2. The van der Waals surface area contributed by atoms with Crippen molar-refractivity contribution in [1.29, 1.82) is 0 Å². The fraction of sp³-hybridized carbons (Fsp3) is 0.472. The third-order valence-electron chi connectivity index (χ3n) is 16.4. The summed E-state index contributed by atoms with van der Waals surface area (Å²) in [6, 6.07) is 28.1. The summed E-state index contributed by atoms with van der Waals surface area (Å²) >= 11 is 0. The van der Waals surface area contributed by atoms with Crippen LogP contribution >= 0.6 is 0 Å². The highest BCUT2D eigenvalue weighted by atomic mass is 32.2. The van der Waals surface area contributed by atoms with Crippen molar-refractivity contribution in [3.63, 3.8) is 0 Å². The Bertz CT molecular complexity index is 3380. The van der Waals surface area contributed by atoms with Gasteiger partial charge in [-0.1, -0.05) is 167 Å². The van der Waals surface area contributed by atoms with Gasteiger partial charge in [-0.05, 0) is 166 Å². The Balaban J connectivity index is 1.23. The molecule has 0 aromatic heterocycles. The number of hydrogen-bond donors (Lipinski definition) is 6. The Kier molecular flexibility index (Phi) is 21.5. The van der Waals surface area contributed by atoms with Crippen molar-refractivity contribution in [1.82, 2.24) is 20.1 Å². The monoisotopic (exact) mass is 1240 g/mol. The first-order chi connectivity index (χ1) is 40.9. The number of amides is 2. The lowest BCUT2D eigenvalue weighted by molar-refractivity contribution is -0.123. The number of phenolic OH excluding ortho intramolecular Hbond substituents is 2. The summed E-state index contributed by atoms with van der Waals surface area (Å²) in [7, 11) is -7.83. The summed E-state index contributed by atoms with van der Waals surface area (Å²) in [6.07, 6.45) is 3.51. The second kappa shape index (κ2) is 27.6. The number of sulfonamides is 2. The van der Waals surface area contributed by atoms with Gasteiger partial charge in [-0.3, -0.25) is 9.59 Å². The predicted octanol–water partition coefficient (Wildman–Crippen LogP) is 12.9. The van der Waals surface area contributed by atoms with Gasteiger partial charge >= 0.3 is 0 Å². The van der Waals surface area contributed by atoms with Crippen molar-refractivity contribution in [3.05, 3.63) is 175 Å². The molecule has 16 heteroatoms. The van der Waals surface area contributed by atoms with Crippen molar-refractivity contribution in [2.24, 2.45) is 0 Å². The normalized spacial score (nSPS) is 14.0. The van der Waals surface area contributed by atoms with Gasteiger partial charge < -0.3 is 30.3 Å². The Labute approximate surface area is 525 Å². The zero-order chi connectivity index (χ0) is 64.9. The number of ether oxygens (including phenoxy) is 2. The second-order valence-electron chi connectivity index (χ2n) is 28.2. The number of aryl methyl sites for hydroxylation is 2. The van der Waals surface area contributed by atoms with E-state index < -0.39 is 43.9 Å². The van der Waals surface area contributed by atoms with Crippen molar-refractivity contribution >= 4 is 31.9 Å². The number of fused-ring (bicyclic) bond motifs is 8. The van der Waals surface area contributed by atoms with E-state index in [0.29, 0.717) is 89.2 Å². The minimum absolute atomic E-state index is 0.0865. The van der Waals surface area contributed by atoms with Crippen LogP contribution in [-0.4, -0.2) is 77.2 Å². The Morgan fingerprint density at radius 1 is 0.432 bits per heavy atom. The predicted molar refractivity (Wildman–Crippen MR) is 353 cm³/mol. The van der Waals surface area contributed by atoms with Crippen LogP contribution in [0.3, 0.4) is 0 Å². The molecule has 0 saturated heterocycles. The van der Waals surface area contributed by atoms with E-state index in [-0.39, 0.29) is 42.9 Å². The Hall–Kier alpha value is -6.72. The number of hydrogen-bond acceptors (Lipinski definition) is 10. The molecular formula is C72H96N4O10S2. The number of carbonyl (C=O) groups excluding carboxylic acids is 2. The quantitative estimate of drug-likeness (QED) is 0.0398. The van der Waals surface area contributed by atoms with Crippen molar-refractivity contribution < 1.29 is 46.1 Å². The van der Waals surface area contributed by atoms with Crippen LogP contribution in [-0.2, 0) is 77.0 Å². The van der Waals surface area contributed by atoms with Gasteiger partial charge in [-0.25, -0.2) is 16.8 Å². The third-order valence-corrected chi connectivity index (χ3v) is 19.5. The molecule has 1 aliphatic carbocycles. The molecule has 0 unspecified atom stereocenters. The smallest absolute Gasteiger partial charge is 0.241 e. The molecule has 6 aromatic rings. The molecule has 14 nitrogen and oxygen atoms in total. The van der Waals surface area contributed by atoms with Crippen molar-refractivity contribution in [2.75, 3.05) is 26.3 Å². The molecule has 2 atom stereocenters. The first-order valence-corrected chi connectivity index (χ1v) is 33.9. The van der Waals surface area contributed by atoms with E-state index in [1.54, 1.807) is 24.3 Å². The van der Waals surface area contributed by atoms with Gasteiger partial charge in [0.15, 0.2) is 0 Å². The van der Waals surface area contributed by atoms with E-state index in [9.17, 15) is 36.6 Å². The molecule has 6 aromatic carbocycles. The number of benzene rings is 6. The fourth-order valence-electron chi connectivity index (χ4n) is 10.7. The number of aromatic hydroxyl groups is 2. The average Bonchev–Trinajstić information content (AvgIpc) is 1.17. The summed E-state index contributed by atoms with van der Waals surface area (Å²) in [4.78, 5) is 26.6. The highest BCUT2D eigenvalue weighted by Gasteiger charge is 2.30. The number of carbonyl (C=O) groups is 2. The van der Waals surface area contributed by atoms with Gasteiger partial charge in [0, 0.05) is 38.8 Å². The zero-order valence-corrected chi connectivity index (χ0v) is 56.5. The van der Waals surface area contributed by atoms with Crippen LogP contribution in [0.2, 0.25) is 0 Å². The molecule has 8 bridgehead atoms. The fourth-order valence-corrected chi connectivity index (χ4v) is 13.1. The molecule has 0 spiro atoms. The molecule has 1 aliphatic rings. The standard InChI is InChI=1S/C72H96N4O10S2/c1-45-21-25-61(26-22-45)87(81,82)75-47(3)67(79)73-29-17-19-31-85-65-53-33-49-37-57(69(5,6)7)39-51(63(49)77)35-55-43-60(72(14,15)16)44-56(36-52-40-58(70(8,9)10)38-50(64(52)78)34-54(65)42-59(41-53)71(11,12)13)66(55)86-32-20-18-30-74-68(80)48(4)76-88(83,84)62-27-23-46(2)24-28-62/h21-28,37-44,47-48,75-78H,17-20,29-36H2,1-16H3,(H,73,79)(H,74,80)/t47-,48-/m0/s1. The molecule has 0 saturated carbocycles. The van der Waals surface area contributed by atoms with E-state index >= 15 is 0 Å². The highest BCUT2D eigenvalue weighted by Crippen LogP contribution is 2.44. The minimum Gasteiger partial charge on any atom is -0.507 e. The lowest BCUT2D eigenvalue weighted by Crippen LogP contribution is -2.45. The summed E-state index contributed by atoms with van der Waals surface area (Å²) in [5.41, 5.74) is 11.4. The third kappa shape index (κ3) is 17.8. The molecule has 6 N–H and O–H groups in total. The SMILES string of the molecule is Cc1ccc(S(=O)(=O)N[C@@H](C)C(=O)NCCCCOc2c3cc(C(C)(C)C)cc2Cc2cc(C(C)(C)C)cc(c2O)Cc2cc(C(C)(C)C)cc(c2OCCCCNC(=O)[C@H](C)NS(=O)(=O)c2ccc(C)cc2)Cc2cc(C(C)(C)C)cc(c2O)C3)cc1. The Morgan fingerprint density at radius 3 is 0.932 bits per heavy atom. The van der Waals surface area contributed by atoms with Crippen LogP contribution in [0.15, 0.2) is 107 Å². The first-order valence-electron chi connectivity index (χ1n) is 30.9. The van der Waals surface area contributed by atoms with Crippen LogP contribution in [0.1, 0.15) is 201 Å². The molecule has 0 fully saturated rings. The van der Waals surface area contributed by atoms with E-state index in [2.05, 4.69) is 152 Å². The van der Waals surface area contributed by atoms with E-state index in [0.717, 1.165) is 77.9 Å². The molecular weight excluding hydrogens is 1140 g/mol. The van der Waals surface area contributed by atoms with Crippen LogP contribution in [0.4, 0.5) is 0 Å². The highest BCUT2D eigenvalue weighted by molar-refractivity contribution is 7.89. The van der Waals surface area contributed by atoms with Gasteiger partial charge in [-0.2, -0.15) is 9.44 Å². The lowest BCUT2D eigenvalue weighted by atomic mass is 9.79. The molecule has 0 aliphatic heterocycles. The molecule has 2 amide bonds. The molecule has 88 heavy (non-hydrogen) atoms. The number of rotatable bonds is 20. The molecule has 0 heterocycles. The van der Waals surface area contributed by atoms with Gasteiger partial charge in [0.2, 0.25) is 31.9 Å².